The number of rotatable bonds is 9. The fourth-order valence-corrected chi connectivity index (χ4v) is 2.87. The molecular formula is C19H21Cl2NO3. The van der Waals surface area contributed by atoms with E-state index in [0.717, 1.165) is 5.56 Å². The Morgan fingerprint density at radius 2 is 1.64 bits per heavy atom. The van der Waals surface area contributed by atoms with Crippen molar-refractivity contribution < 1.29 is 14.3 Å². The standard InChI is InChI=1S/C19H21Cl2NO3/c1-23-12-11-15(13-24-2)25-22-19(14-7-4-3-5-8-14)18-16(20)9-6-10-17(18)21/h3-10,15H,11-13H2,1-2H3/b22-19+. The van der Waals surface area contributed by atoms with Gasteiger partial charge in [0, 0.05) is 38.4 Å². The van der Waals surface area contributed by atoms with Crippen molar-refractivity contribution in [1.29, 1.82) is 0 Å². The Labute approximate surface area is 158 Å². The highest BCUT2D eigenvalue weighted by Crippen LogP contribution is 2.27. The van der Waals surface area contributed by atoms with E-state index in [-0.39, 0.29) is 6.10 Å². The van der Waals surface area contributed by atoms with E-state index in [1.54, 1.807) is 32.4 Å². The maximum atomic E-state index is 6.37. The van der Waals surface area contributed by atoms with E-state index < -0.39 is 0 Å². The fraction of sp³-hybridized carbons (Fsp3) is 0.316. The Kier molecular flexibility index (Phi) is 8.22. The summed E-state index contributed by atoms with van der Waals surface area (Å²) in [5.74, 6) is 0. The topological polar surface area (TPSA) is 40.0 Å². The van der Waals surface area contributed by atoms with Gasteiger partial charge in [0.05, 0.1) is 16.7 Å². The van der Waals surface area contributed by atoms with Crippen molar-refractivity contribution in [3.8, 4) is 0 Å². The third-order valence-electron chi connectivity index (χ3n) is 3.54. The summed E-state index contributed by atoms with van der Waals surface area (Å²) in [4.78, 5) is 5.73. The second kappa shape index (κ2) is 10.4. The second-order valence-corrected chi connectivity index (χ2v) is 6.18. The molecule has 0 radical (unpaired) electrons. The maximum Gasteiger partial charge on any atom is 0.152 e. The highest BCUT2D eigenvalue weighted by atomic mass is 35.5. The van der Waals surface area contributed by atoms with Crippen LogP contribution in [0.1, 0.15) is 17.5 Å². The number of nitrogens with zero attached hydrogens (tertiary/aromatic N) is 1. The predicted octanol–water partition coefficient (Wildman–Crippen LogP) is 4.81. The van der Waals surface area contributed by atoms with Gasteiger partial charge in [-0.2, -0.15) is 0 Å². The van der Waals surface area contributed by atoms with Gasteiger partial charge in [0.15, 0.2) is 6.10 Å². The third-order valence-corrected chi connectivity index (χ3v) is 4.17. The monoisotopic (exact) mass is 381 g/mol. The molecule has 1 atom stereocenters. The first kappa shape index (κ1) is 19.7. The molecule has 0 fully saturated rings. The lowest BCUT2D eigenvalue weighted by molar-refractivity contribution is -0.0149. The van der Waals surface area contributed by atoms with E-state index in [1.807, 2.05) is 30.3 Å². The van der Waals surface area contributed by atoms with E-state index in [1.165, 1.54) is 0 Å². The predicted molar refractivity (Wildman–Crippen MR) is 102 cm³/mol. The molecule has 134 valence electrons. The van der Waals surface area contributed by atoms with Crippen LogP contribution in [0.15, 0.2) is 53.7 Å². The molecule has 6 heteroatoms. The quantitative estimate of drug-likeness (QED) is 0.461. The van der Waals surface area contributed by atoms with Crippen LogP contribution in [0.4, 0.5) is 0 Å². The number of methoxy groups -OCH3 is 2. The zero-order chi connectivity index (χ0) is 18.1. The summed E-state index contributed by atoms with van der Waals surface area (Å²) in [7, 11) is 3.27. The van der Waals surface area contributed by atoms with Crippen LogP contribution in [0, 0.1) is 0 Å². The smallest absolute Gasteiger partial charge is 0.152 e. The Morgan fingerprint density at radius 1 is 0.960 bits per heavy atom. The van der Waals surface area contributed by atoms with Gasteiger partial charge in [0.1, 0.15) is 5.71 Å². The molecule has 0 amide bonds. The van der Waals surface area contributed by atoms with Crippen LogP contribution in [0.25, 0.3) is 0 Å². The minimum absolute atomic E-state index is 0.232. The minimum atomic E-state index is -0.232. The minimum Gasteiger partial charge on any atom is -0.389 e. The lowest BCUT2D eigenvalue weighted by Gasteiger charge is -2.16. The summed E-state index contributed by atoms with van der Waals surface area (Å²) in [6.45, 7) is 0.961. The SMILES string of the molecule is COCCC(COC)O/N=C(\c1ccccc1)c1c(Cl)cccc1Cl. The first-order valence-electron chi connectivity index (χ1n) is 7.88. The highest BCUT2D eigenvalue weighted by molar-refractivity contribution is 6.41. The van der Waals surface area contributed by atoms with E-state index in [0.29, 0.717) is 41.0 Å². The van der Waals surface area contributed by atoms with Crippen LogP contribution >= 0.6 is 23.2 Å². The largest absolute Gasteiger partial charge is 0.389 e. The second-order valence-electron chi connectivity index (χ2n) is 5.37. The van der Waals surface area contributed by atoms with Gasteiger partial charge in [-0.25, -0.2) is 0 Å². The Balaban J connectivity index is 2.38. The Hall–Kier alpha value is -1.59. The fourth-order valence-electron chi connectivity index (χ4n) is 2.29. The van der Waals surface area contributed by atoms with Gasteiger partial charge in [-0.1, -0.05) is 64.8 Å². The summed E-state index contributed by atoms with van der Waals surface area (Å²) in [6.07, 6.45) is 0.427. The molecule has 25 heavy (non-hydrogen) atoms. The maximum absolute atomic E-state index is 6.37. The summed E-state index contributed by atoms with van der Waals surface area (Å²) in [5.41, 5.74) is 2.08. The molecule has 0 aliphatic carbocycles. The van der Waals surface area contributed by atoms with Crippen molar-refractivity contribution in [3.05, 3.63) is 69.7 Å². The number of hydrogen-bond donors (Lipinski definition) is 0. The van der Waals surface area contributed by atoms with E-state index in [2.05, 4.69) is 5.16 Å². The molecule has 0 aliphatic rings. The molecule has 2 rings (SSSR count). The van der Waals surface area contributed by atoms with Gasteiger partial charge in [0.25, 0.3) is 0 Å². The molecule has 4 nitrogen and oxygen atoms in total. The molecule has 0 saturated heterocycles. The normalized spacial score (nSPS) is 12.9. The van der Waals surface area contributed by atoms with Gasteiger partial charge < -0.3 is 14.3 Å². The van der Waals surface area contributed by atoms with Crippen molar-refractivity contribution in [2.75, 3.05) is 27.4 Å². The number of benzene rings is 2. The van der Waals surface area contributed by atoms with Gasteiger partial charge in [-0.3, -0.25) is 0 Å². The van der Waals surface area contributed by atoms with Crippen LogP contribution < -0.4 is 0 Å². The molecule has 0 heterocycles. The molecule has 2 aromatic carbocycles. The summed E-state index contributed by atoms with van der Waals surface area (Å²) >= 11 is 12.7. The van der Waals surface area contributed by atoms with Gasteiger partial charge in [-0.15, -0.1) is 0 Å². The van der Waals surface area contributed by atoms with Gasteiger partial charge >= 0.3 is 0 Å². The molecule has 0 spiro atoms. The van der Waals surface area contributed by atoms with Crippen LogP contribution in [0.2, 0.25) is 10.0 Å². The van der Waals surface area contributed by atoms with Crippen LogP contribution in [0.3, 0.4) is 0 Å². The number of hydrogen-bond acceptors (Lipinski definition) is 4. The molecule has 1 unspecified atom stereocenters. The van der Waals surface area contributed by atoms with Gasteiger partial charge in [0.2, 0.25) is 0 Å². The number of ether oxygens (including phenoxy) is 2. The zero-order valence-electron chi connectivity index (χ0n) is 14.2. The highest BCUT2D eigenvalue weighted by Gasteiger charge is 2.17. The van der Waals surface area contributed by atoms with E-state index in [9.17, 15) is 0 Å². The lowest BCUT2D eigenvalue weighted by Crippen LogP contribution is -2.20. The molecule has 0 aliphatic heterocycles. The Bertz CT molecular complexity index is 672. The van der Waals surface area contributed by atoms with Crippen LogP contribution in [-0.4, -0.2) is 39.2 Å². The molecule has 2 aromatic rings. The van der Waals surface area contributed by atoms with Crippen molar-refractivity contribution >= 4 is 28.9 Å². The number of oxime groups is 1. The van der Waals surface area contributed by atoms with Crippen molar-refractivity contribution in [2.45, 2.75) is 12.5 Å². The van der Waals surface area contributed by atoms with Crippen molar-refractivity contribution in [3.63, 3.8) is 0 Å². The first-order chi connectivity index (χ1) is 12.2. The molecule has 0 aromatic heterocycles. The van der Waals surface area contributed by atoms with Crippen LogP contribution in [0.5, 0.6) is 0 Å². The van der Waals surface area contributed by atoms with Gasteiger partial charge in [-0.05, 0) is 12.1 Å². The molecule has 0 N–H and O–H groups in total. The summed E-state index contributed by atoms with van der Waals surface area (Å²) < 4.78 is 10.3. The summed E-state index contributed by atoms with van der Waals surface area (Å²) in [5, 5.41) is 5.40. The lowest BCUT2D eigenvalue weighted by atomic mass is 10.0. The zero-order valence-corrected chi connectivity index (χ0v) is 15.8. The first-order valence-corrected chi connectivity index (χ1v) is 8.64. The summed E-state index contributed by atoms with van der Waals surface area (Å²) in [6, 6.07) is 15.0. The molecule has 0 saturated carbocycles. The average molecular weight is 382 g/mol. The van der Waals surface area contributed by atoms with Crippen molar-refractivity contribution in [2.24, 2.45) is 5.16 Å². The average Bonchev–Trinajstić information content (AvgIpc) is 2.62. The third kappa shape index (κ3) is 5.72. The van der Waals surface area contributed by atoms with Crippen molar-refractivity contribution in [1.82, 2.24) is 0 Å². The van der Waals surface area contributed by atoms with Crippen LogP contribution in [-0.2, 0) is 14.3 Å². The molecule has 0 bridgehead atoms. The van der Waals surface area contributed by atoms with E-state index >= 15 is 0 Å². The molecular weight excluding hydrogens is 361 g/mol. The number of halogens is 2. The Morgan fingerprint density at radius 3 is 2.24 bits per heavy atom. The van der Waals surface area contributed by atoms with E-state index in [4.69, 9.17) is 37.5 Å².